The summed E-state index contributed by atoms with van der Waals surface area (Å²) in [5.74, 6) is -0.134. The fourth-order valence-corrected chi connectivity index (χ4v) is 2.74. The van der Waals surface area contributed by atoms with Crippen LogP contribution in [0.3, 0.4) is 0 Å². The Morgan fingerprint density at radius 1 is 1.19 bits per heavy atom. The number of ether oxygens (including phenoxy) is 1. The topological polar surface area (TPSA) is 76.5 Å². The van der Waals surface area contributed by atoms with Crippen LogP contribution in [0.5, 0.6) is 5.88 Å². The van der Waals surface area contributed by atoms with Gasteiger partial charge in [-0.25, -0.2) is 13.4 Å². The second-order valence-corrected chi connectivity index (χ2v) is 8.49. The quantitative estimate of drug-likeness (QED) is 0.849. The molecule has 0 spiro atoms. The van der Waals surface area contributed by atoms with Crippen molar-refractivity contribution >= 4 is 9.84 Å². The van der Waals surface area contributed by atoms with E-state index in [1.165, 1.54) is 38.1 Å². The van der Waals surface area contributed by atoms with Crippen molar-refractivity contribution in [2.75, 3.05) is 12.9 Å². The Morgan fingerprint density at radius 2 is 1.85 bits per heavy atom. The van der Waals surface area contributed by atoms with Gasteiger partial charge >= 0.3 is 6.18 Å². The molecule has 5 nitrogen and oxygen atoms in total. The average Bonchev–Trinajstić information content (AvgIpc) is 2.50. The molecular formula is C17H18F3NO4S. The zero-order chi connectivity index (χ0) is 19.8. The molecule has 2 aromatic rings. The first-order valence-electron chi connectivity index (χ1n) is 7.50. The summed E-state index contributed by atoms with van der Waals surface area (Å²) >= 11 is 0. The molecule has 0 radical (unpaired) electrons. The number of pyridine rings is 1. The fraction of sp³-hybridized carbons (Fsp3) is 0.353. The van der Waals surface area contributed by atoms with E-state index in [1.54, 1.807) is 0 Å². The summed E-state index contributed by atoms with van der Waals surface area (Å²) in [5.41, 5.74) is -2.03. The molecule has 1 N–H and O–H groups in total. The van der Waals surface area contributed by atoms with Crippen molar-refractivity contribution in [2.45, 2.75) is 30.5 Å². The molecule has 0 fully saturated rings. The van der Waals surface area contributed by atoms with Gasteiger partial charge in [0, 0.05) is 18.0 Å². The SMILES string of the molecule is CC(C)(O)COc1ncc(C(F)(F)F)cc1-c1cccc(S(C)(=O)=O)c1. The van der Waals surface area contributed by atoms with Crippen LogP contribution in [0.15, 0.2) is 41.4 Å². The summed E-state index contributed by atoms with van der Waals surface area (Å²) in [4.78, 5) is 3.67. The first-order valence-corrected chi connectivity index (χ1v) is 9.39. The third kappa shape index (κ3) is 5.18. The zero-order valence-electron chi connectivity index (χ0n) is 14.3. The van der Waals surface area contributed by atoms with Gasteiger partial charge in [-0.15, -0.1) is 0 Å². The molecule has 0 bridgehead atoms. The van der Waals surface area contributed by atoms with Crippen molar-refractivity contribution in [2.24, 2.45) is 0 Å². The summed E-state index contributed by atoms with van der Waals surface area (Å²) in [6.07, 6.45) is -2.99. The number of hydrogen-bond acceptors (Lipinski definition) is 5. The molecule has 0 aliphatic rings. The number of hydrogen-bond donors (Lipinski definition) is 1. The van der Waals surface area contributed by atoms with E-state index in [4.69, 9.17) is 4.74 Å². The lowest BCUT2D eigenvalue weighted by Crippen LogP contribution is -2.28. The fourth-order valence-electron chi connectivity index (χ4n) is 2.07. The van der Waals surface area contributed by atoms with Gasteiger partial charge < -0.3 is 9.84 Å². The second-order valence-electron chi connectivity index (χ2n) is 6.48. The van der Waals surface area contributed by atoms with E-state index in [1.807, 2.05) is 0 Å². The molecule has 0 saturated carbocycles. The van der Waals surface area contributed by atoms with Crippen LogP contribution in [0.25, 0.3) is 11.1 Å². The number of halogens is 3. The van der Waals surface area contributed by atoms with Crippen molar-refractivity contribution in [3.05, 3.63) is 42.1 Å². The first kappa shape index (κ1) is 20.2. The molecule has 1 heterocycles. The number of rotatable bonds is 5. The molecule has 0 unspecified atom stereocenters. The Bertz CT molecular complexity index is 903. The van der Waals surface area contributed by atoms with Gasteiger partial charge in [-0.05, 0) is 37.6 Å². The molecule has 0 atom stereocenters. The molecule has 1 aromatic heterocycles. The largest absolute Gasteiger partial charge is 0.474 e. The molecule has 142 valence electrons. The number of nitrogens with zero attached hydrogens (tertiary/aromatic N) is 1. The van der Waals surface area contributed by atoms with E-state index in [0.29, 0.717) is 6.20 Å². The van der Waals surface area contributed by atoms with E-state index in [2.05, 4.69) is 4.98 Å². The summed E-state index contributed by atoms with van der Waals surface area (Å²) in [6.45, 7) is 2.74. The lowest BCUT2D eigenvalue weighted by atomic mass is 10.0. The summed E-state index contributed by atoms with van der Waals surface area (Å²) in [5, 5.41) is 9.76. The maximum Gasteiger partial charge on any atom is 0.417 e. The first-order chi connectivity index (χ1) is 11.8. The number of aromatic nitrogens is 1. The van der Waals surface area contributed by atoms with Crippen LogP contribution in [-0.2, 0) is 16.0 Å². The maximum atomic E-state index is 13.0. The van der Waals surface area contributed by atoms with E-state index in [0.717, 1.165) is 12.3 Å². The minimum atomic E-state index is -4.62. The number of benzene rings is 1. The van der Waals surface area contributed by atoms with Gasteiger partial charge in [0.05, 0.1) is 16.1 Å². The third-order valence-electron chi connectivity index (χ3n) is 3.31. The Balaban J connectivity index is 2.59. The van der Waals surface area contributed by atoms with Crippen molar-refractivity contribution in [3.8, 4) is 17.0 Å². The van der Waals surface area contributed by atoms with Crippen molar-refractivity contribution in [1.29, 1.82) is 0 Å². The zero-order valence-corrected chi connectivity index (χ0v) is 15.1. The smallest absolute Gasteiger partial charge is 0.417 e. The average molecular weight is 389 g/mol. The highest BCUT2D eigenvalue weighted by Gasteiger charge is 2.32. The summed E-state index contributed by atoms with van der Waals surface area (Å²) in [6, 6.07) is 6.32. The van der Waals surface area contributed by atoms with Crippen LogP contribution in [-0.4, -0.2) is 37.0 Å². The molecular weight excluding hydrogens is 371 g/mol. The van der Waals surface area contributed by atoms with Gasteiger partial charge in [0.15, 0.2) is 9.84 Å². The van der Waals surface area contributed by atoms with Gasteiger partial charge in [0.25, 0.3) is 0 Å². The molecule has 2 rings (SSSR count). The molecule has 0 aliphatic heterocycles. The standard InChI is InChI=1S/C17H18F3NO4S/c1-16(2,22)10-25-15-14(8-12(9-21-15)17(18,19)20)11-5-4-6-13(7-11)26(3,23)24/h4-9,22H,10H2,1-3H3. The van der Waals surface area contributed by atoms with Gasteiger partial charge in [0.2, 0.25) is 5.88 Å². The van der Waals surface area contributed by atoms with Crippen molar-refractivity contribution in [3.63, 3.8) is 0 Å². The normalized spacial score (nSPS) is 12.9. The Hall–Kier alpha value is -2.13. The highest BCUT2D eigenvalue weighted by Crippen LogP contribution is 2.36. The van der Waals surface area contributed by atoms with Crippen LogP contribution in [0, 0.1) is 0 Å². The minimum absolute atomic E-state index is 0.0189. The summed E-state index contributed by atoms with van der Waals surface area (Å²) < 4.78 is 67.9. The Kier molecular flexibility index (Phi) is 5.34. The van der Waals surface area contributed by atoms with Crippen LogP contribution in [0.1, 0.15) is 19.4 Å². The minimum Gasteiger partial charge on any atom is -0.474 e. The molecule has 0 saturated heterocycles. The highest BCUT2D eigenvalue weighted by molar-refractivity contribution is 7.90. The number of sulfone groups is 1. The van der Waals surface area contributed by atoms with Crippen molar-refractivity contribution in [1.82, 2.24) is 4.98 Å². The van der Waals surface area contributed by atoms with Gasteiger partial charge in [0.1, 0.15) is 6.61 Å². The van der Waals surface area contributed by atoms with E-state index < -0.39 is 27.2 Å². The van der Waals surface area contributed by atoms with Crippen molar-refractivity contribution < 1.29 is 31.4 Å². The predicted octanol–water partition coefficient (Wildman–Crippen LogP) is 3.32. The van der Waals surface area contributed by atoms with Crippen LogP contribution in [0.2, 0.25) is 0 Å². The van der Waals surface area contributed by atoms with E-state index in [-0.39, 0.29) is 28.5 Å². The number of aliphatic hydroxyl groups is 1. The lowest BCUT2D eigenvalue weighted by Gasteiger charge is -2.19. The van der Waals surface area contributed by atoms with Crippen LogP contribution in [0.4, 0.5) is 13.2 Å². The van der Waals surface area contributed by atoms with E-state index in [9.17, 15) is 26.7 Å². The van der Waals surface area contributed by atoms with Crippen LogP contribution < -0.4 is 4.74 Å². The van der Waals surface area contributed by atoms with Gasteiger partial charge in [-0.3, -0.25) is 0 Å². The molecule has 0 amide bonds. The maximum absolute atomic E-state index is 13.0. The van der Waals surface area contributed by atoms with Crippen LogP contribution >= 0.6 is 0 Å². The predicted molar refractivity (Wildman–Crippen MR) is 89.6 cm³/mol. The Morgan fingerprint density at radius 3 is 2.38 bits per heavy atom. The second kappa shape index (κ2) is 6.88. The third-order valence-corrected chi connectivity index (χ3v) is 4.42. The molecule has 1 aromatic carbocycles. The number of alkyl halides is 3. The molecule has 0 aliphatic carbocycles. The Labute approximate surface area is 149 Å². The van der Waals surface area contributed by atoms with E-state index >= 15 is 0 Å². The summed E-state index contributed by atoms with van der Waals surface area (Å²) in [7, 11) is -3.54. The van der Waals surface area contributed by atoms with Gasteiger partial charge in [-0.1, -0.05) is 12.1 Å². The lowest BCUT2D eigenvalue weighted by molar-refractivity contribution is -0.137. The monoisotopic (exact) mass is 389 g/mol. The van der Waals surface area contributed by atoms with Gasteiger partial charge in [-0.2, -0.15) is 13.2 Å². The molecule has 9 heteroatoms. The molecule has 26 heavy (non-hydrogen) atoms. The highest BCUT2D eigenvalue weighted by atomic mass is 32.2.